The van der Waals surface area contributed by atoms with Gasteiger partial charge in [0.1, 0.15) is 6.54 Å². The molecular weight excluding hydrogens is 286 g/mol. The molecule has 0 unspecified atom stereocenters. The van der Waals surface area contributed by atoms with Crippen molar-refractivity contribution in [1.29, 1.82) is 0 Å². The zero-order valence-corrected chi connectivity index (χ0v) is 12.1. The van der Waals surface area contributed by atoms with Gasteiger partial charge in [-0.3, -0.25) is 24.1 Å². The predicted octanol–water partition coefficient (Wildman–Crippen LogP) is 0.293. The minimum absolute atomic E-state index is 0.00624. The zero-order chi connectivity index (χ0) is 15.9. The van der Waals surface area contributed by atoms with Crippen molar-refractivity contribution in [3.63, 3.8) is 0 Å². The van der Waals surface area contributed by atoms with Gasteiger partial charge in [-0.15, -0.1) is 0 Å². The molecule has 1 saturated heterocycles. The van der Waals surface area contributed by atoms with Gasteiger partial charge in [-0.2, -0.15) is 0 Å². The van der Waals surface area contributed by atoms with Crippen LogP contribution in [0.3, 0.4) is 0 Å². The highest BCUT2D eigenvalue weighted by Crippen LogP contribution is 2.29. The number of nitrogens with one attached hydrogen (secondary N) is 1. The predicted molar refractivity (Wildman–Crippen MR) is 78.1 cm³/mol. The number of imide groups is 1. The Labute approximate surface area is 126 Å². The molecule has 0 atom stereocenters. The Morgan fingerprint density at radius 3 is 2.50 bits per heavy atom. The number of carbonyl (C=O) groups excluding carboxylic acids is 4. The molecule has 3 rings (SSSR count). The van der Waals surface area contributed by atoms with Crippen LogP contribution >= 0.6 is 0 Å². The maximum atomic E-state index is 12.0. The lowest BCUT2D eigenvalue weighted by Gasteiger charge is -2.14. The van der Waals surface area contributed by atoms with Crippen LogP contribution in [0.4, 0.5) is 11.4 Å². The second-order valence-corrected chi connectivity index (χ2v) is 5.39. The molecule has 1 aromatic carbocycles. The summed E-state index contributed by atoms with van der Waals surface area (Å²) in [7, 11) is 1.71. The summed E-state index contributed by atoms with van der Waals surface area (Å²) in [6.45, 7) is -0.270. The van der Waals surface area contributed by atoms with Gasteiger partial charge in [0.05, 0.1) is 6.42 Å². The minimum Gasteiger partial charge on any atom is -0.325 e. The molecule has 114 valence electrons. The lowest BCUT2D eigenvalue weighted by atomic mass is 10.1. The average Bonchev–Trinajstić information content (AvgIpc) is 2.93. The normalized spacial score (nSPS) is 17.2. The summed E-state index contributed by atoms with van der Waals surface area (Å²) in [6, 6.07) is 5.20. The van der Waals surface area contributed by atoms with Gasteiger partial charge in [0.2, 0.25) is 23.6 Å². The van der Waals surface area contributed by atoms with Gasteiger partial charge in [-0.1, -0.05) is 0 Å². The van der Waals surface area contributed by atoms with E-state index in [0.717, 1.165) is 16.2 Å². The molecule has 0 spiro atoms. The van der Waals surface area contributed by atoms with E-state index >= 15 is 0 Å². The number of benzene rings is 1. The van der Waals surface area contributed by atoms with E-state index in [1.165, 1.54) is 0 Å². The smallest absolute Gasteiger partial charge is 0.244 e. The van der Waals surface area contributed by atoms with Crippen LogP contribution in [0.25, 0.3) is 0 Å². The number of likely N-dealkylation sites (tertiary alicyclic amines) is 1. The average molecular weight is 301 g/mol. The number of amides is 4. The monoisotopic (exact) mass is 301 g/mol. The van der Waals surface area contributed by atoms with Gasteiger partial charge < -0.3 is 10.2 Å². The van der Waals surface area contributed by atoms with Crippen LogP contribution in [0.2, 0.25) is 0 Å². The van der Waals surface area contributed by atoms with Crippen LogP contribution in [-0.2, 0) is 25.6 Å². The lowest BCUT2D eigenvalue weighted by Crippen LogP contribution is -2.36. The largest absolute Gasteiger partial charge is 0.325 e. The third-order valence-corrected chi connectivity index (χ3v) is 3.90. The summed E-state index contributed by atoms with van der Waals surface area (Å²) < 4.78 is 0. The van der Waals surface area contributed by atoms with Gasteiger partial charge >= 0.3 is 0 Å². The van der Waals surface area contributed by atoms with Gasteiger partial charge in [0.15, 0.2) is 0 Å². The summed E-state index contributed by atoms with van der Waals surface area (Å²) in [5, 5.41) is 2.65. The maximum Gasteiger partial charge on any atom is 0.244 e. The molecule has 1 fully saturated rings. The molecule has 4 amide bonds. The van der Waals surface area contributed by atoms with Crippen molar-refractivity contribution >= 4 is 35.0 Å². The molecule has 0 radical (unpaired) electrons. The van der Waals surface area contributed by atoms with Crippen molar-refractivity contribution < 1.29 is 19.2 Å². The number of hydrogen-bond acceptors (Lipinski definition) is 4. The molecular formula is C15H15N3O4. The van der Waals surface area contributed by atoms with Crippen LogP contribution < -0.4 is 10.2 Å². The van der Waals surface area contributed by atoms with Gasteiger partial charge in [0, 0.05) is 31.3 Å². The zero-order valence-electron chi connectivity index (χ0n) is 12.1. The van der Waals surface area contributed by atoms with Crippen LogP contribution in [0, 0.1) is 0 Å². The standard InChI is InChI=1S/C15H15N3O4/c1-17-11-3-2-10(6-9(11)7-15(17)22)16-12(19)8-18-13(20)4-5-14(18)21/h2-3,6H,4-5,7-8H2,1H3,(H,16,19). The van der Waals surface area contributed by atoms with Crippen LogP contribution in [-0.4, -0.2) is 42.1 Å². The quantitative estimate of drug-likeness (QED) is 0.813. The molecule has 7 nitrogen and oxygen atoms in total. The van der Waals surface area contributed by atoms with E-state index in [1.807, 2.05) is 0 Å². The summed E-state index contributed by atoms with van der Waals surface area (Å²) in [6.07, 6.45) is 0.636. The number of rotatable bonds is 3. The SMILES string of the molecule is CN1C(=O)Cc2cc(NC(=O)CN3C(=O)CCC3=O)ccc21. The minimum atomic E-state index is -0.429. The summed E-state index contributed by atoms with van der Waals surface area (Å²) in [5.41, 5.74) is 2.22. The fraction of sp³-hybridized carbons (Fsp3) is 0.333. The Morgan fingerprint density at radius 1 is 1.14 bits per heavy atom. The Hall–Kier alpha value is -2.70. The molecule has 1 aromatic rings. The third kappa shape index (κ3) is 2.45. The van der Waals surface area contributed by atoms with E-state index in [-0.39, 0.29) is 37.1 Å². The first-order valence-corrected chi connectivity index (χ1v) is 6.98. The highest BCUT2D eigenvalue weighted by molar-refractivity contribution is 6.06. The highest BCUT2D eigenvalue weighted by atomic mass is 16.2. The molecule has 2 heterocycles. The van der Waals surface area contributed by atoms with E-state index in [0.29, 0.717) is 12.1 Å². The Balaban J connectivity index is 1.68. The Kier molecular flexibility index (Phi) is 3.40. The van der Waals surface area contributed by atoms with Gasteiger partial charge in [-0.05, 0) is 23.8 Å². The molecule has 0 saturated carbocycles. The number of likely N-dealkylation sites (N-methyl/N-ethyl adjacent to an activating group) is 1. The Bertz CT molecular complexity index is 682. The van der Waals surface area contributed by atoms with Gasteiger partial charge in [0.25, 0.3) is 0 Å². The molecule has 0 aromatic heterocycles. The molecule has 7 heteroatoms. The number of hydrogen-bond donors (Lipinski definition) is 1. The second kappa shape index (κ2) is 5.25. The number of fused-ring (bicyclic) bond motifs is 1. The van der Waals surface area contributed by atoms with Crippen molar-refractivity contribution in [3.05, 3.63) is 23.8 Å². The first-order chi connectivity index (χ1) is 10.5. The lowest BCUT2D eigenvalue weighted by molar-refractivity contribution is -0.141. The number of carbonyl (C=O) groups is 4. The Morgan fingerprint density at radius 2 is 1.82 bits per heavy atom. The fourth-order valence-electron chi connectivity index (χ4n) is 2.69. The van der Waals surface area contributed by atoms with Crippen molar-refractivity contribution in [2.24, 2.45) is 0 Å². The molecule has 0 bridgehead atoms. The van der Waals surface area contributed by atoms with E-state index in [9.17, 15) is 19.2 Å². The number of nitrogens with zero attached hydrogens (tertiary/aromatic N) is 2. The molecule has 1 N–H and O–H groups in total. The molecule has 2 aliphatic heterocycles. The van der Waals surface area contributed by atoms with Crippen molar-refractivity contribution in [2.45, 2.75) is 19.3 Å². The molecule has 0 aliphatic carbocycles. The second-order valence-electron chi connectivity index (χ2n) is 5.39. The van der Waals surface area contributed by atoms with E-state index in [1.54, 1.807) is 30.1 Å². The topological polar surface area (TPSA) is 86.8 Å². The molecule has 22 heavy (non-hydrogen) atoms. The molecule has 2 aliphatic rings. The summed E-state index contributed by atoms with van der Waals surface area (Å²) >= 11 is 0. The summed E-state index contributed by atoms with van der Waals surface area (Å²) in [4.78, 5) is 49.1. The van der Waals surface area contributed by atoms with E-state index in [2.05, 4.69) is 5.32 Å². The summed E-state index contributed by atoms with van der Waals surface area (Å²) in [5.74, 6) is -1.06. The van der Waals surface area contributed by atoms with E-state index < -0.39 is 5.91 Å². The van der Waals surface area contributed by atoms with Gasteiger partial charge in [-0.25, -0.2) is 0 Å². The van der Waals surface area contributed by atoms with E-state index in [4.69, 9.17) is 0 Å². The van der Waals surface area contributed by atoms with Crippen LogP contribution in [0.1, 0.15) is 18.4 Å². The van der Waals surface area contributed by atoms with Crippen molar-refractivity contribution in [2.75, 3.05) is 23.8 Å². The fourth-order valence-corrected chi connectivity index (χ4v) is 2.69. The van der Waals surface area contributed by atoms with Crippen molar-refractivity contribution in [3.8, 4) is 0 Å². The van der Waals surface area contributed by atoms with Crippen LogP contribution in [0.15, 0.2) is 18.2 Å². The highest BCUT2D eigenvalue weighted by Gasteiger charge is 2.30. The first kappa shape index (κ1) is 14.2. The van der Waals surface area contributed by atoms with Crippen molar-refractivity contribution in [1.82, 2.24) is 4.90 Å². The maximum absolute atomic E-state index is 12.0. The third-order valence-electron chi connectivity index (χ3n) is 3.90. The van der Waals surface area contributed by atoms with Crippen LogP contribution in [0.5, 0.6) is 0 Å². The number of anilines is 2. The first-order valence-electron chi connectivity index (χ1n) is 6.98.